The van der Waals surface area contributed by atoms with Crippen LogP contribution in [0.25, 0.3) is 0 Å². The molecule has 2 nitrogen and oxygen atoms in total. The summed E-state index contributed by atoms with van der Waals surface area (Å²) in [4.78, 5) is 0. The zero-order valence-electron chi connectivity index (χ0n) is 10.2. The van der Waals surface area contributed by atoms with Crippen LogP contribution >= 0.6 is 12.4 Å². The summed E-state index contributed by atoms with van der Waals surface area (Å²) in [6.07, 6.45) is 0.542. The smallest absolute Gasteiger partial charge is 0.134 e. The molecule has 0 fully saturated rings. The van der Waals surface area contributed by atoms with Gasteiger partial charge in [0.15, 0.2) is 0 Å². The van der Waals surface area contributed by atoms with Crippen LogP contribution < -0.4 is 10.5 Å². The highest BCUT2D eigenvalue weighted by molar-refractivity contribution is 5.85. The van der Waals surface area contributed by atoms with Crippen molar-refractivity contribution in [1.29, 1.82) is 0 Å². The molecule has 0 radical (unpaired) electrons. The van der Waals surface area contributed by atoms with Gasteiger partial charge >= 0.3 is 0 Å². The van der Waals surface area contributed by atoms with Gasteiger partial charge in [0.25, 0.3) is 0 Å². The first kappa shape index (κ1) is 16.1. The van der Waals surface area contributed by atoms with E-state index in [1.54, 1.807) is 0 Å². The fourth-order valence-electron chi connectivity index (χ4n) is 1.66. The van der Waals surface area contributed by atoms with E-state index >= 15 is 0 Å². The average molecular weight is 266 g/mol. The maximum absolute atomic E-state index is 13.6. The lowest BCUT2D eigenvalue weighted by molar-refractivity contribution is 0.401. The van der Waals surface area contributed by atoms with Crippen LogP contribution in [0.2, 0.25) is 0 Å². The van der Waals surface area contributed by atoms with Crippen LogP contribution in [-0.2, 0) is 0 Å². The Morgan fingerprint density at radius 2 is 1.71 bits per heavy atom. The third-order valence-electron chi connectivity index (χ3n) is 2.38. The zero-order chi connectivity index (χ0) is 12.3. The number of hydrogen-bond acceptors (Lipinski definition) is 2. The van der Waals surface area contributed by atoms with Crippen LogP contribution in [0.15, 0.2) is 12.1 Å². The van der Waals surface area contributed by atoms with Crippen LogP contribution in [-0.4, -0.2) is 7.11 Å². The minimum Gasteiger partial charge on any atom is -0.497 e. The molecule has 0 aliphatic rings. The van der Waals surface area contributed by atoms with Crippen molar-refractivity contribution in [2.45, 2.75) is 26.3 Å². The second kappa shape index (κ2) is 6.77. The van der Waals surface area contributed by atoms with E-state index in [-0.39, 0.29) is 29.6 Å². The molecule has 0 heterocycles. The Morgan fingerprint density at radius 3 is 2.06 bits per heavy atom. The molecular weight excluding hydrogens is 248 g/mol. The third-order valence-corrected chi connectivity index (χ3v) is 2.38. The van der Waals surface area contributed by atoms with Gasteiger partial charge in [0.05, 0.1) is 7.11 Å². The van der Waals surface area contributed by atoms with E-state index < -0.39 is 17.7 Å². The highest BCUT2D eigenvalue weighted by Gasteiger charge is 2.19. The quantitative estimate of drug-likeness (QED) is 0.905. The number of ether oxygens (including phenoxy) is 1. The van der Waals surface area contributed by atoms with Gasteiger partial charge in [-0.2, -0.15) is 0 Å². The average Bonchev–Trinajstić information content (AvgIpc) is 2.15. The molecule has 1 atom stereocenters. The Morgan fingerprint density at radius 1 is 1.24 bits per heavy atom. The highest BCUT2D eigenvalue weighted by atomic mass is 35.5. The first-order valence-electron chi connectivity index (χ1n) is 5.24. The molecule has 1 rings (SSSR count). The van der Waals surface area contributed by atoms with Crippen LogP contribution in [0.3, 0.4) is 0 Å². The third kappa shape index (κ3) is 4.13. The summed E-state index contributed by atoms with van der Waals surface area (Å²) in [5.41, 5.74) is 5.71. The summed E-state index contributed by atoms with van der Waals surface area (Å²) in [6.45, 7) is 3.92. The minimum absolute atomic E-state index is 0. The molecule has 0 bridgehead atoms. The van der Waals surface area contributed by atoms with Crippen molar-refractivity contribution in [3.63, 3.8) is 0 Å². The topological polar surface area (TPSA) is 35.2 Å². The van der Waals surface area contributed by atoms with E-state index in [2.05, 4.69) is 0 Å². The number of methoxy groups -OCH3 is 1. The van der Waals surface area contributed by atoms with E-state index in [9.17, 15) is 8.78 Å². The van der Waals surface area contributed by atoms with Crippen molar-refractivity contribution >= 4 is 12.4 Å². The van der Waals surface area contributed by atoms with Crippen molar-refractivity contribution in [2.24, 2.45) is 11.7 Å². The lowest BCUT2D eigenvalue weighted by Gasteiger charge is -2.16. The molecule has 1 aromatic rings. The molecule has 0 aromatic heterocycles. The maximum Gasteiger partial charge on any atom is 0.134 e. The fraction of sp³-hybridized carbons (Fsp3) is 0.500. The van der Waals surface area contributed by atoms with Crippen LogP contribution in [0.5, 0.6) is 5.75 Å². The van der Waals surface area contributed by atoms with Gasteiger partial charge in [0.2, 0.25) is 0 Å². The molecule has 0 spiro atoms. The molecule has 2 N–H and O–H groups in total. The maximum atomic E-state index is 13.6. The summed E-state index contributed by atoms with van der Waals surface area (Å²) >= 11 is 0. The predicted molar refractivity (Wildman–Crippen MR) is 66.5 cm³/mol. The van der Waals surface area contributed by atoms with E-state index in [4.69, 9.17) is 10.5 Å². The van der Waals surface area contributed by atoms with Gasteiger partial charge in [-0.15, -0.1) is 12.4 Å². The van der Waals surface area contributed by atoms with Gasteiger partial charge in [0, 0.05) is 23.7 Å². The van der Waals surface area contributed by atoms with Gasteiger partial charge in [-0.3, -0.25) is 0 Å². The standard InChI is InChI=1S/C12H17F2NO.ClH/c1-7(2)4-11(15)12-9(13)5-8(16-3)6-10(12)14;/h5-7,11H,4,15H2,1-3H3;1H/t11-;/m0./s1. The van der Waals surface area contributed by atoms with Gasteiger partial charge in [-0.05, 0) is 12.3 Å². The van der Waals surface area contributed by atoms with E-state index in [1.165, 1.54) is 7.11 Å². The molecule has 0 amide bonds. The number of halogens is 3. The molecule has 0 saturated carbocycles. The van der Waals surface area contributed by atoms with Crippen molar-refractivity contribution in [2.75, 3.05) is 7.11 Å². The summed E-state index contributed by atoms with van der Waals surface area (Å²) in [5, 5.41) is 0. The highest BCUT2D eigenvalue weighted by Crippen LogP contribution is 2.27. The Labute approximate surface area is 107 Å². The van der Waals surface area contributed by atoms with Crippen molar-refractivity contribution < 1.29 is 13.5 Å². The summed E-state index contributed by atoms with van der Waals surface area (Å²) in [5.74, 6) is -0.846. The zero-order valence-corrected chi connectivity index (χ0v) is 11.0. The van der Waals surface area contributed by atoms with Crippen LogP contribution in [0, 0.1) is 17.6 Å². The Bertz CT molecular complexity index is 349. The number of benzene rings is 1. The molecule has 0 aliphatic heterocycles. The first-order valence-corrected chi connectivity index (χ1v) is 5.24. The number of hydrogen-bond donors (Lipinski definition) is 1. The van der Waals surface area contributed by atoms with E-state index in [1.807, 2.05) is 13.8 Å². The number of rotatable bonds is 4. The molecule has 0 saturated heterocycles. The Balaban J connectivity index is 0.00000256. The molecule has 0 unspecified atom stereocenters. The first-order chi connectivity index (χ1) is 7.45. The van der Waals surface area contributed by atoms with Crippen molar-refractivity contribution in [3.8, 4) is 5.75 Å². The lowest BCUT2D eigenvalue weighted by Crippen LogP contribution is -2.16. The van der Waals surface area contributed by atoms with Gasteiger partial charge in [0.1, 0.15) is 17.4 Å². The fourth-order valence-corrected chi connectivity index (χ4v) is 1.66. The minimum atomic E-state index is -0.648. The van der Waals surface area contributed by atoms with E-state index in [0.717, 1.165) is 12.1 Å². The SMILES string of the molecule is COc1cc(F)c([C@@H](N)CC(C)C)c(F)c1.Cl. The monoisotopic (exact) mass is 265 g/mol. The molecule has 0 aliphatic carbocycles. The van der Waals surface area contributed by atoms with Gasteiger partial charge in [-0.1, -0.05) is 13.8 Å². The van der Waals surface area contributed by atoms with Gasteiger partial charge in [-0.25, -0.2) is 8.78 Å². The lowest BCUT2D eigenvalue weighted by atomic mass is 9.97. The van der Waals surface area contributed by atoms with E-state index in [0.29, 0.717) is 6.42 Å². The summed E-state index contributed by atoms with van der Waals surface area (Å²) in [6, 6.07) is 1.68. The molecule has 98 valence electrons. The van der Waals surface area contributed by atoms with Gasteiger partial charge < -0.3 is 10.5 Å². The second-order valence-electron chi connectivity index (χ2n) is 4.24. The molecule has 17 heavy (non-hydrogen) atoms. The Kier molecular flexibility index (Phi) is 6.42. The Hall–Kier alpha value is -0.870. The normalized spacial score (nSPS) is 12.2. The van der Waals surface area contributed by atoms with Crippen molar-refractivity contribution in [1.82, 2.24) is 0 Å². The van der Waals surface area contributed by atoms with Crippen molar-refractivity contribution in [3.05, 3.63) is 29.3 Å². The van der Waals surface area contributed by atoms with Crippen LogP contribution in [0.1, 0.15) is 31.9 Å². The predicted octanol–water partition coefficient (Wildman–Crippen LogP) is 3.44. The molecular formula is C12H18ClF2NO. The molecule has 1 aromatic carbocycles. The summed E-state index contributed by atoms with van der Waals surface area (Å²) in [7, 11) is 1.36. The molecule has 5 heteroatoms. The summed E-state index contributed by atoms with van der Waals surface area (Å²) < 4.78 is 32.0. The van der Waals surface area contributed by atoms with Crippen LogP contribution in [0.4, 0.5) is 8.78 Å². The second-order valence-corrected chi connectivity index (χ2v) is 4.24. The number of nitrogens with two attached hydrogens (primary N) is 1. The largest absolute Gasteiger partial charge is 0.497 e.